The van der Waals surface area contributed by atoms with Gasteiger partial charge in [0.2, 0.25) is 0 Å². The molecule has 24 heavy (non-hydrogen) atoms. The minimum atomic E-state index is 0.630. The molecule has 0 aliphatic rings. The van der Waals surface area contributed by atoms with Gasteiger partial charge in [-0.15, -0.1) is 0 Å². The normalized spacial score (nSPS) is 11.0. The van der Waals surface area contributed by atoms with Gasteiger partial charge in [0.25, 0.3) is 0 Å². The Morgan fingerprint density at radius 1 is 0.750 bits per heavy atom. The molecule has 0 aliphatic carbocycles. The van der Waals surface area contributed by atoms with Crippen molar-refractivity contribution in [1.82, 2.24) is 4.90 Å². The molecule has 0 heterocycles. The summed E-state index contributed by atoms with van der Waals surface area (Å²) in [4.78, 5) is 2.59. The van der Waals surface area contributed by atoms with E-state index in [0.717, 1.165) is 12.2 Å². The summed E-state index contributed by atoms with van der Waals surface area (Å²) >= 11 is 0. The lowest BCUT2D eigenvalue weighted by Gasteiger charge is -2.20. The van der Waals surface area contributed by atoms with E-state index < -0.39 is 0 Å². The predicted octanol–water partition coefficient (Wildman–Crippen LogP) is 5.32. The molecule has 0 radical (unpaired) electrons. The lowest BCUT2D eigenvalue weighted by Crippen LogP contribution is -2.26. The smallest absolute Gasteiger partial charge is 0.119 e. The van der Waals surface area contributed by atoms with Crippen LogP contribution in [0.1, 0.15) is 44.2 Å². The van der Waals surface area contributed by atoms with Crippen LogP contribution in [0.15, 0.2) is 54.6 Å². The maximum Gasteiger partial charge on any atom is 0.119 e. The molecule has 0 spiro atoms. The number of nitrogens with zero attached hydrogens (tertiary/aromatic N) is 1. The van der Waals surface area contributed by atoms with Gasteiger partial charge in [-0.05, 0) is 68.6 Å². The van der Waals surface area contributed by atoms with Gasteiger partial charge in [-0.3, -0.25) is 0 Å². The molecule has 2 rings (SSSR count). The van der Waals surface area contributed by atoms with Gasteiger partial charge in [0.05, 0.1) is 0 Å². The van der Waals surface area contributed by atoms with Crippen LogP contribution >= 0.6 is 0 Å². The highest BCUT2D eigenvalue weighted by atomic mass is 16.5. The summed E-state index contributed by atoms with van der Waals surface area (Å²) in [5.74, 6) is 0.925. The Hall–Kier alpha value is -1.80. The van der Waals surface area contributed by atoms with Crippen LogP contribution in [-0.2, 0) is 13.0 Å². The first kappa shape index (κ1) is 18.5. The highest BCUT2D eigenvalue weighted by Crippen LogP contribution is 2.13. The van der Waals surface area contributed by atoms with Crippen molar-refractivity contribution < 1.29 is 4.74 Å². The predicted molar refractivity (Wildman–Crippen MR) is 103 cm³/mol. The van der Waals surface area contributed by atoms with Crippen LogP contribution in [0.5, 0.6) is 5.75 Å². The fraction of sp³-hybridized carbons (Fsp3) is 0.455. The third-order valence-electron chi connectivity index (χ3n) is 4.19. The number of aryl methyl sites for hydroxylation is 1. The van der Waals surface area contributed by atoms with Crippen LogP contribution in [0.4, 0.5) is 0 Å². The fourth-order valence-corrected chi connectivity index (χ4v) is 2.96. The van der Waals surface area contributed by atoms with Crippen LogP contribution in [-0.4, -0.2) is 24.5 Å². The van der Waals surface area contributed by atoms with Gasteiger partial charge in [-0.25, -0.2) is 0 Å². The van der Waals surface area contributed by atoms with E-state index >= 15 is 0 Å². The molecule has 0 N–H and O–H groups in total. The third kappa shape index (κ3) is 6.76. The zero-order valence-electron chi connectivity index (χ0n) is 15.2. The minimum absolute atomic E-state index is 0.630. The van der Waals surface area contributed by atoms with Crippen molar-refractivity contribution in [3.05, 3.63) is 65.7 Å². The Balaban J connectivity index is 1.73. The molecule has 0 aromatic heterocycles. The molecule has 0 unspecified atom stereocenters. The van der Waals surface area contributed by atoms with Crippen LogP contribution in [0.25, 0.3) is 0 Å². The Morgan fingerprint density at radius 2 is 1.38 bits per heavy atom. The average Bonchev–Trinajstić information content (AvgIpc) is 2.62. The first-order chi connectivity index (χ1) is 11.8. The molecule has 0 saturated carbocycles. The van der Waals surface area contributed by atoms with Gasteiger partial charge in [0.15, 0.2) is 0 Å². The number of hydrogen-bond donors (Lipinski definition) is 0. The second kappa shape index (κ2) is 10.9. The number of ether oxygens (including phenoxy) is 1. The molecule has 0 amide bonds. The second-order valence-corrected chi connectivity index (χ2v) is 6.36. The molecular weight excluding hydrogens is 294 g/mol. The van der Waals surface area contributed by atoms with Crippen molar-refractivity contribution >= 4 is 0 Å². The van der Waals surface area contributed by atoms with Crippen molar-refractivity contribution in [2.24, 2.45) is 0 Å². The van der Waals surface area contributed by atoms with E-state index in [2.05, 4.69) is 43.0 Å². The summed E-state index contributed by atoms with van der Waals surface area (Å²) in [5, 5.41) is 0. The third-order valence-corrected chi connectivity index (χ3v) is 4.19. The van der Waals surface area contributed by atoms with Gasteiger partial charge in [0.1, 0.15) is 12.4 Å². The molecule has 0 bridgehead atoms. The van der Waals surface area contributed by atoms with Crippen molar-refractivity contribution in [3.63, 3.8) is 0 Å². The monoisotopic (exact) mass is 325 g/mol. The van der Waals surface area contributed by atoms with E-state index in [0.29, 0.717) is 6.61 Å². The van der Waals surface area contributed by atoms with E-state index in [1.807, 2.05) is 30.3 Å². The number of hydrogen-bond acceptors (Lipinski definition) is 2. The Labute approximate surface area is 147 Å². The van der Waals surface area contributed by atoms with Crippen molar-refractivity contribution in [1.29, 1.82) is 0 Å². The topological polar surface area (TPSA) is 12.5 Å². The van der Waals surface area contributed by atoms with E-state index in [1.54, 1.807) is 0 Å². The fourth-order valence-electron chi connectivity index (χ4n) is 2.96. The molecule has 2 heteroatoms. The van der Waals surface area contributed by atoms with Gasteiger partial charge in [-0.2, -0.15) is 0 Å². The number of rotatable bonds is 11. The lowest BCUT2D eigenvalue weighted by atomic mass is 10.1. The van der Waals surface area contributed by atoms with E-state index in [-0.39, 0.29) is 0 Å². The summed E-state index contributed by atoms with van der Waals surface area (Å²) in [5.41, 5.74) is 2.65. The molecule has 130 valence electrons. The molecule has 0 aliphatic heterocycles. The summed E-state index contributed by atoms with van der Waals surface area (Å²) in [7, 11) is 0. The van der Waals surface area contributed by atoms with Crippen molar-refractivity contribution in [3.8, 4) is 5.75 Å². The van der Waals surface area contributed by atoms with Gasteiger partial charge in [0, 0.05) is 0 Å². The summed E-state index contributed by atoms with van der Waals surface area (Å²) < 4.78 is 5.79. The first-order valence-corrected chi connectivity index (χ1v) is 9.29. The van der Waals surface area contributed by atoms with E-state index in [4.69, 9.17) is 4.74 Å². The zero-order valence-corrected chi connectivity index (χ0v) is 15.2. The SMILES string of the molecule is CCCN(CCC)CCCc1ccc(COc2ccccc2)cc1. The van der Waals surface area contributed by atoms with Gasteiger partial charge in [-0.1, -0.05) is 56.3 Å². The molecule has 2 aromatic rings. The molecule has 2 nitrogen and oxygen atoms in total. The highest BCUT2D eigenvalue weighted by Gasteiger charge is 2.03. The first-order valence-electron chi connectivity index (χ1n) is 9.29. The Kier molecular flexibility index (Phi) is 8.40. The summed E-state index contributed by atoms with van der Waals surface area (Å²) in [6.07, 6.45) is 4.88. The van der Waals surface area contributed by atoms with Gasteiger partial charge >= 0.3 is 0 Å². The maximum absolute atomic E-state index is 5.79. The largest absolute Gasteiger partial charge is 0.489 e. The van der Waals surface area contributed by atoms with E-state index in [1.165, 1.54) is 50.0 Å². The van der Waals surface area contributed by atoms with Crippen LogP contribution < -0.4 is 4.74 Å². The van der Waals surface area contributed by atoms with Crippen molar-refractivity contribution in [2.45, 2.75) is 46.1 Å². The quantitative estimate of drug-likeness (QED) is 0.554. The average molecular weight is 325 g/mol. The Morgan fingerprint density at radius 3 is 2.00 bits per heavy atom. The van der Waals surface area contributed by atoms with Crippen LogP contribution in [0, 0.1) is 0 Å². The zero-order chi connectivity index (χ0) is 17.0. The Bertz CT molecular complexity index is 544. The minimum Gasteiger partial charge on any atom is -0.489 e. The summed E-state index contributed by atoms with van der Waals surface area (Å²) in [6, 6.07) is 18.9. The standard InChI is InChI=1S/C22H31NO/c1-3-16-23(17-4-2)18-8-9-20-12-14-21(15-13-20)19-24-22-10-6-5-7-11-22/h5-7,10-15H,3-4,8-9,16-19H2,1-2H3. The summed E-state index contributed by atoms with van der Waals surface area (Å²) in [6.45, 7) is 8.82. The molecule has 2 aromatic carbocycles. The van der Waals surface area contributed by atoms with Gasteiger partial charge < -0.3 is 9.64 Å². The maximum atomic E-state index is 5.79. The number of benzene rings is 2. The molecule has 0 atom stereocenters. The lowest BCUT2D eigenvalue weighted by molar-refractivity contribution is 0.271. The van der Waals surface area contributed by atoms with Crippen molar-refractivity contribution in [2.75, 3.05) is 19.6 Å². The van der Waals surface area contributed by atoms with Crippen LogP contribution in [0.3, 0.4) is 0 Å². The number of para-hydroxylation sites is 1. The second-order valence-electron chi connectivity index (χ2n) is 6.36. The molecular formula is C22H31NO. The van der Waals surface area contributed by atoms with E-state index in [9.17, 15) is 0 Å². The molecule has 0 saturated heterocycles. The molecule has 0 fully saturated rings. The van der Waals surface area contributed by atoms with Crippen LogP contribution in [0.2, 0.25) is 0 Å². The highest BCUT2D eigenvalue weighted by molar-refractivity contribution is 5.24.